The number of nitrogens with zero attached hydrogens (tertiary/aromatic N) is 3. The predicted molar refractivity (Wildman–Crippen MR) is 102 cm³/mol. The summed E-state index contributed by atoms with van der Waals surface area (Å²) in [6.07, 6.45) is 1.91. The first kappa shape index (κ1) is 18.4. The molecular weight excluding hydrogens is 318 g/mol. The first-order chi connectivity index (χ1) is 11.6. The maximum atomic E-state index is 4.73. The van der Waals surface area contributed by atoms with Gasteiger partial charge >= 0.3 is 0 Å². The van der Waals surface area contributed by atoms with E-state index in [0.717, 1.165) is 24.1 Å². The number of rotatable bonds is 7. The Hall–Kier alpha value is -1.92. The molecule has 0 aliphatic carbocycles. The molecule has 0 saturated heterocycles. The van der Waals surface area contributed by atoms with Crippen molar-refractivity contribution in [1.82, 2.24) is 20.5 Å². The molecule has 130 valence electrons. The van der Waals surface area contributed by atoms with E-state index in [2.05, 4.69) is 72.7 Å². The molecule has 0 unspecified atom stereocenters. The molecule has 6 heteroatoms. The molecule has 0 amide bonds. The summed E-state index contributed by atoms with van der Waals surface area (Å²) < 4.78 is 0. The number of hydrogen-bond donors (Lipinski definition) is 2. The summed E-state index contributed by atoms with van der Waals surface area (Å²) >= 11 is 1.71. The molecular formula is C18H27N5S. The smallest absolute Gasteiger partial charge is 0.191 e. The zero-order valence-corrected chi connectivity index (χ0v) is 15.8. The molecule has 5 nitrogen and oxygen atoms in total. The minimum atomic E-state index is 0.663. The molecule has 0 spiro atoms. The Labute approximate surface area is 148 Å². The molecule has 0 fully saturated rings. The Morgan fingerprint density at radius 2 is 1.96 bits per heavy atom. The first-order valence-corrected chi connectivity index (χ1v) is 9.05. The topological polar surface area (TPSA) is 52.6 Å². The van der Waals surface area contributed by atoms with Crippen molar-refractivity contribution < 1.29 is 0 Å². The summed E-state index contributed by atoms with van der Waals surface area (Å²) in [4.78, 5) is 12.5. The van der Waals surface area contributed by atoms with E-state index in [4.69, 9.17) is 4.99 Å². The van der Waals surface area contributed by atoms with Gasteiger partial charge in [-0.25, -0.2) is 9.98 Å². The van der Waals surface area contributed by atoms with Crippen LogP contribution in [0.2, 0.25) is 0 Å². The largest absolute Gasteiger partial charge is 0.357 e. The standard InChI is InChI=1S/C18H27N5S/c1-5-19-18(22-12-17-20-10-14(2)24-17)21-11-15-8-6-7-9-16(15)13-23(3)4/h6-10H,5,11-13H2,1-4H3,(H2,19,21,22). The van der Waals surface area contributed by atoms with Crippen LogP contribution in [-0.2, 0) is 19.6 Å². The number of aliphatic imine (C=N–C) groups is 1. The number of aryl methyl sites for hydroxylation is 1. The third-order valence-electron chi connectivity index (χ3n) is 3.43. The molecule has 0 radical (unpaired) electrons. The first-order valence-electron chi connectivity index (χ1n) is 8.23. The quantitative estimate of drug-likeness (QED) is 0.598. The summed E-state index contributed by atoms with van der Waals surface area (Å²) in [6.45, 7) is 7.27. The number of benzene rings is 1. The third-order valence-corrected chi connectivity index (χ3v) is 4.35. The molecule has 2 rings (SSSR count). The summed E-state index contributed by atoms with van der Waals surface area (Å²) in [5, 5.41) is 7.73. The van der Waals surface area contributed by atoms with Crippen molar-refractivity contribution in [2.45, 2.75) is 33.5 Å². The van der Waals surface area contributed by atoms with Gasteiger partial charge in [0.15, 0.2) is 5.96 Å². The lowest BCUT2D eigenvalue weighted by Crippen LogP contribution is -2.36. The molecule has 24 heavy (non-hydrogen) atoms. The third kappa shape index (κ3) is 5.94. The van der Waals surface area contributed by atoms with E-state index in [0.29, 0.717) is 13.1 Å². The minimum absolute atomic E-state index is 0.663. The molecule has 1 aromatic heterocycles. The Morgan fingerprint density at radius 1 is 1.21 bits per heavy atom. The molecule has 0 bridgehead atoms. The second-order valence-electron chi connectivity index (χ2n) is 5.92. The Morgan fingerprint density at radius 3 is 2.58 bits per heavy atom. The molecule has 1 heterocycles. The molecule has 1 aromatic carbocycles. The van der Waals surface area contributed by atoms with Crippen LogP contribution in [0.5, 0.6) is 0 Å². The van der Waals surface area contributed by atoms with Gasteiger partial charge in [0.25, 0.3) is 0 Å². The van der Waals surface area contributed by atoms with Gasteiger partial charge in [0.05, 0.1) is 13.1 Å². The molecule has 0 aliphatic heterocycles. The van der Waals surface area contributed by atoms with Crippen molar-refractivity contribution in [3.63, 3.8) is 0 Å². The fourth-order valence-electron chi connectivity index (χ4n) is 2.36. The molecule has 0 atom stereocenters. The molecule has 0 aliphatic rings. The van der Waals surface area contributed by atoms with Gasteiger partial charge in [-0.2, -0.15) is 0 Å². The zero-order valence-electron chi connectivity index (χ0n) is 15.0. The highest BCUT2D eigenvalue weighted by atomic mass is 32.1. The van der Waals surface area contributed by atoms with E-state index in [1.54, 1.807) is 11.3 Å². The van der Waals surface area contributed by atoms with Crippen LogP contribution >= 0.6 is 11.3 Å². The summed E-state index contributed by atoms with van der Waals surface area (Å²) in [5.41, 5.74) is 2.58. The van der Waals surface area contributed by atoms with Crippen LogP contribution in [-0.4, -0.2) is 36.5 Å². The van der Waals surface area contributed by atoms with Gasteiger partial charge in [0, 0.05) is 24.2 Å². The minimum Gasteiger partial charge on any atom is -0.357 e. The zero-order chi connectivity index (χ0) is 17.4. The normalized spacial score (nSPS) is 11.8. The van der Waals surface area contributed by atoms with E-state index in [9.17, 15) is 0 Å². The second-order valence-corrected chi connectivity index (χ2v) is 7.24. The van der Waals surface area contributed by atoms with Crippen LogP contribution in [0.3, 0.4) is 0 Å². The monoisotopic (exact) mass is 345 g/mol. The van der Waals surface area contributed by atoms with Gasteiger partial charge in [-0.05, 0) is 39.1 Å². The average Bonchev–Trinajstić information content (AvgIpc) is 2.96. The van der Waals surface area contributed by atoms with Crippen molar-refractivity contribution >= 4 is 17.3 Å². The Kier molecular flexibility index (Phi) is 7.21. The summed E-state index contributed by atoms with van der Waals surface area (Å²) in [7, 11) is 4.17. The van der Waals surface area contributed by atoms with Gasteiger partial charge in [-0.1, -0.05) is 24.3 Å². The fraction of sp³-hybridized carbons (Fsp3) is 0.444. The van der Waals surface area contributed by atoms with Crippen LogP contribution in [0.4, 0.5) is 0 Å². The van der Waals surface area contributed by atoms with Crippen molar-refractivity contribution in [3.05, 3.63) is 51.5 Å². The highest BCUT2D eigenvalue weighted by Crippen LogP contribution is 2.12. The molecule has 2 N–H and O–H groups in total. The fourth-order valence-corrected chi connectivity index (χ4v) is 3.08. The Balaban J connectivity index is 2.02. The maximum absolute atomic E-state index is 4.73. The highest BCUT2D eigenvalue weighted by Gasteiger charge is 2.05. The predicted octanol–water partition coefficient (Wildman–Crippen LogP) is 2.77. The van der Waals surface area contributed by atoms with Crippen LogP contribution in [0.25, 0.3) is 0 Å². The van der Waals surface area contributed by atoms with E-state index in [-0.39, 0.29) is 0 Å². The second kappa shape index (κ2) is 9.39. The van der Waals surface area contributed by atoms with E-state index in [1.807, 2.05) is 6.20 Å². The number of thiazole rings is 1. The van der Waals surface area contributed by atoms with E-state index >= 15 is 0 Å². The summed E-state index contributed by atoms with van der Waals surface area (Å²) in [6, 6.07) is 8.47. The number of hydrogen-bond acceptors (Lipinski definition) is 4. The van der Waals surface area contributed by atoms with Gasteiger partial charge in [-0.3, -0.25) is 0 Å². The van der Waals surface area contributed by atoms with E-state index in [1.165, 1.54) is 16.0 Å². The lowest BCUT2D eigenvalue weighted by molar-refractivity contribution is 0.401. The SMILES string of the molecule is CCNC(=NCc1ccccc1CN(C)C)NCc1ncc(C)s1. The Bertz CT molecular complexity index is 663. The van der Waals surface area contributed by atoms with Crippen LogP contribution in [0.15, 0.2) is 35.5 Å². The van der Waals surface area contributed by atoms with Crippen molar-refractivity contribution in [2.24, 2.45) is 4.99 Å². The van der Waals surface area contributed by atoms with Gasteiger partial charge in [0.2, 0.25) is 0 Å². The van der Waals surface area contributed by atoms with Crippen LogP contribution < -0.4 is 10.6 Å². The number of guanidine groups is 1. The maximum Gasteiger partial charge on any atom is 0.191 e. The van der Waals surface area contributed by atoms with Gasteiger partial charge < -0.3 is 15.5 Å². The van der Waals surface area contributed by atoms with Gasteiger partial charge in [0.1, 0.15) is 5.01 Å². The van der Waals surface area contributed by atoms with Gasteiger partial charge in [-0.15, -0.1) is 11.3 Å². The van der Waals surface area contributed by atoms with Crippen LogP contribution in [0, 0.1) is 6.92 Å². The number of aromatic nitrogens is 1. The summed E-state index contributed by atoms with van der Waals surface area (Å²) in [5.74, 6) is 0.824. The molecule has 0 saturated carbocycles. The van der Waals surface area contributed by atoms with Crippen LogP contribution in [0.1, 0.15) is 27.9 Å². The van der Waals surface area contributed by atoms with E-state index < -0.39 is 0 Å². The van der Waals surface area contributed by atoms with Crippen molar-refractivity contribution in [2.75, 3.05) is 20.6 Å². The lowest BCUT2D eigenvalue weighted by atomic mass is 10.1. The highest BCUT2D eigenvalue weighted by molar-refractivity contribution is 7.11. The average molecular weight is 346 g/mol. The van der Waals surface area contributed by atoms with Crippen molar-refractivity contribution in [1.29, 1.82) is 0 Å². The number of nitrogens with one attached hydrogen (secondary N) is 2. The lowest BCUT2D eigenvalue weighted by Gasteiger charge is -2.14. The molecule has 2 aromatic rings. The van der Waals surface area contributed by atoms with Crippen molar-refractivity contribution in [3.8, 4) is 0 Å².